The number of likely N-dealkylation sites (N-methyl/N-ethyl adjacent to an activating group) is 1. The fourth-order valence-corrected chi connectivity index (χ4v) is 1.52. The van der Waals surface area contributed by atoms with E-state index >= 15 is 0 Å². The Morgan fingerprint density at radius 2 is 2.28 bits per heavy atom. The molecule has 0 bridgehead atoms. The van der Waals surface area contributed by atoms with E-state index in [0.29, 0.717) is 12.2 Å². The number of carbonyl (C=O) groups excluding carboxylic acids is 1. The smallest absolute Gasteiger partial charge is 0.320 e. The largest absolute Gasteiger partial charge is 0.465 e. The van der Waals surface area contributed by atoms with Crippen molar-refractivity contribution < 1.29 is 13.9 Å². The maximum absolute atomic E-state index is 13.6. The van der Waals surface area contributed by atoms with E-state index < -0.39 is 5.82 Å². The molecule has 96 valence electrons. The molecule has 0 aromatic heterocycles. The van der Waals surface area contributed by atoms with E-state index in [4.69, 9.17) is 10.00 Å². The number of nitrogens with zero attached hydrogens (tertiary/aromatic N) is 2. The van der Waals surface area contributed by atoms with Crippen LogP contribution in [0.2, 0.25) is 0 Å². The minimum absolute atomic E-state index is 0.104. The number of hydrogen-bond donors (Lipinski definition) is 0. The average molecular weight is 250 g/mol. The Balaban J connectivity index is 2.62. The fourth-order valence-electron chi connectivity index (χ4n) is 1.52. The maximum atomic E-state index is 13.6. The highest BCUT2D eigenvalue weighted by atomic mass is 19.1. The molecule has 5 heteroatoms. The van der Waals surface area contributed by atoms with Crippen molar-refractivity contribution in [3.63, 3.8) is 0 Å². The summed E-state index contributed by atoms with van der Waals surface area (Å²) in [5, 5.41) is 8.62. The van der Waals surface area contributed by atoms with E-state index in [1.165, 1.54) is 6.07 Å². The summed E-state index contributed by atoms with van der Waals surface area (Å²) in [6, 6.07) is 6.16. The molecule has 0 fully saturated rings. The first-order valence-corrected chi connectivity index (χ1v) is 5.59. The Morgan fingerprint density at radius 1 is 1.56 bits per heavy atom. The number of rotatable bonds is 5. The van der Waals surface area contributed by atoms with Crippen LogP contribution in [0.3, 0.4) is 0 Å². The number of ether oxygens (including phenoxy) is 1. The van der Waals surface area contributed by atoms with E-state index in [2.05, 4.69) is 0 Å². The standard InChI is InChI=1S/C13H15FN2O2/c1-3-18-13(17)9-16(2)8-11-5-4-10(7-15)6-12(11)14/h4-6H,3,8-9H2,1-2H3. The van der Waals surface area contributed by atoms with Crippen LogP contribution in [0.5, 0.6) is 0 Å². The van der Waals surface area contributed by atoms with Gasteiger partial charge in [-0.1, -0.05) is 6.07 Å². The van der Waals surface area contributed by atoms with Gasteiger partial charge < -0.3 is 4.74 Å². The number of hydrogen-bond acceptors (Lipinski definition) is 4. The molecule has 0 N–H and O–H groups in total. The lowest BCUT2D eigenvalue weighted by Gasteiger charge is -2.16. The molecule has 0 saturated carbocycles. The zero-order chi connectivity index (χ0) is 13.5. The molecule has 0 aliphatic rings. The number of halogens is 1. The van der Waals surface area contributed by atoms with Gasteiger partial charge in [0.05, 0.1) is 24.8 Å². The summed E-state index contributed by atoms with van der Waals surface area (Å²) in [5.74, 6) is -0.779. The molecular weight excluding hydrogens is 235 g/mol. The van der Waals surface area contributed by atoms with Crippen LogP contribution in [-0.2, 0) is 16.1 Å². The van der Waals surface area contributed by atoms with E-state index in [0.717, 1.165) is 0 Å². The molecule has 0 saturated heterocycles. The summed E-state index contributed by atoms with van der Waals surface area (Å²) < 4.78 is 18.4. The normalized spacial score (nSPS) is 10.2. The molecule has 0 spiro atoms. The van der Waals surface area contributed by atoms with Crippen molar-refractivity contribution in [3.8, 4) is 6.07 Å². The van der Waals surface area contributed by atoms with Gasteiger partial charge in [0.15, 0.2) is 0 Å². The predicted molar refractivity (Wildman–Crippen MR) is 64.1 cm³/mol. The Bertz CT molecular complexity index is 469. The molecule has 1 rings (SSSR count). The molecule has 0 amide bonds. The first kappa shape index (κ1) is 14.1. The van der Waals surface area contributed by atoms with Gasteiger partial charge in [0.25, 0.3) is 0 Å². The number of benzene rings is 1. The fraction of sp³-hybridized carbons (Fsp3) is 0.385. The highest BCUT2D eigenvalue weighted by molar-refractivity contribution is 5.71. The lowest BCUT2D eigenvalue weighted by molar-refractivity contribution is -0.144. The molecule has 0 heterocycles. The van der Waals surface area contributed by atoms with Gasteiger partial charge in [0.1, 0.15) is 5.82 Å². The molecule has 18 heavy (non-hydrogen) atoms. The first-order chi connectivity index (χ1) is 8.56. The summed E-state index contributed by atoms with van der Waals surface area (Å²) in [5.41, 5.74) is 0.727. The van der Waals surface area contributed by atoms with Gasteiger partial charge in [-0.05, 0) is 26.1 Å². The SMILES string of the molecule is CCOC(=O)CN(C)Cc1ccc(C#N)cc1F. The van der Waals surface area contributed by atoms with Crippen molar-refractivity contribution in [1.29, 1.82) is 5.26 Å². The van der Waals surface area contributed by atoms with Crippen molar-refractivity contribution in [3.05, 3.63) is 35.1 Å². The topological polar surface area (TPSA) is 53.3 Å². The third-order valence-electron chi connectivity index (χ3n) is 2.33. The molecule has 0 unspecified atom stereocenters. The summed E-state index contributed by atoms with van der Waals surface area (Å²) >= 11 is 0. The minimum atomic E-state index is -0.440. The van der Waals surface area contributed by atoms with Crippen LogP contribution in [0.15, 0.2) is 18.2 Å². The summed E-state index contributed by atoms with van der Waals surface area (Å²) in [7, 11) is 1.70. The van der Waals surface area contributed by atoms with Gasteiger partial charge in [-0.3, -0.25) is 9.69 Å². The monoisotopic (exact) mass is 250 g/mol. The van der Waals surface area contributed by atoms with E-state index in [-0.39, 0.29) is 24.6 Å². The minimum Gasteiger partial charge on any atom is -0.465 e. The predicted octanol–water partition coefficient (Wildman–Crippen LogP) is 1.69. The lowest BCUT2D eigenvalue weighted by Crippen LogP contribution is -2.27. The second kappa shape index (κ2) is 6.72. The van der Waals surface area contributed by atoms with E-state index in [9.17, 15) is 9.18 Å². The van der Waals surface area contributed by atoms with Crippen LogP contribution >= 0.6 is 0 Å². The Labute approximate surface area is 106 Å². The van der Waals surface area contributed by atoms with Gasteiger partial charge in [-0.15, -0.1) is 0 Å². The van der Waals surface area contributed by atoms with Gasteiger partial charge in [-0.25, -0.2) is 4.39 Å². The highest BCUT2D eigenvalue weighted by Gasteiger charge is 2.10. The van der Waals surface area contributed by atoms with Gasteiger partial charge >= 0.3 is 5.97 Å². The van der Waals surface area contributed by atoms with E-state index in [1.807, 2.05) is 6.07 Å². The van der Waals surface area contributed by atoms with Crippen molar-refractivity contribution in [2.75, 3.05) is 20.2 Å². The number of nitriles is 1. The highest BCUT2D eigenvalue weighted by Crippen LogP contribution is 2.11. The average Bonchev–Trinajstić information content (AvgIpc) is 2.31. The third-order valence-corrected chi connectivity index (χ3v) is 2.33. The molecule has 4 nitrogen and oxygen atoms in total. The Morgan fingerprint density at radius 3 is 2.83 bits per heavy atom. The Kier molecular flexibility index (Phi) is 5.28. The van der Waals surface area contributed by atoms with E-state index in [1.54, 1.807) is 31.0 Å². The molecular formula is C13H15FN2O2. The van der Waals surface area contributed by atoms with Crippen LogP contribution in [0.25, 0.3) is 0 Å². The van der Waals surface area contributed by atoms with Gasteiger partial charge in [0, 0.05) is 12.1 Å². The zero-order valence-electron chi connectivity index (χ0n) is 10.4. The lowest BCUT2D eigenvalue weighted by atomic mass is 10.1. The van der Waals surface area contributed by atoms with Crippen molar-refractivity contribution in [2.45, 2.75) is 13.5 Å². The molecule has 1 aromatic rings. The van der Waals surface area contributed by atoms with Crippen LogP contribution in [-0.4, -0.2) is 31.1 Å². The molecule has 0 radical (unpaired) electrons. The molecule has 0 aliphatic carbocycles. The van der Waals surface area contributed by atoms with Crippen LogP contribution in [0, 0.1) is 17.1 Å². The summed E-state index contributed by atoms with van der Waals surface area (Å²) in [6.07, 6.45) is 0. The quantitative estimate of drug-likeness (QED) is 0.746. The van der Waals surface area contributed by atoms with Crippen molar-refractivity contribution >= 4 is 5.97 Å². The van der Waals surface area contributed by atoms with Crippen molar-refractivity contribution in [1.82, 2.24) is 4.90 Å². The molecule has 0 atom stereocenters. The van der Waals surface area contributed by atoms with Crippen LogP contribution < -0.4 is 0 Å². The third kappa shape index (κ3) is 4.15. The Hall–Kier alpha value is -1.93. The summed E-state index contributed by atoms with van der Waals surface area (Å²) in [4.78, 5) is 12.9. The molecule has 1 aromatic carbocycles. The van der Waals surface area contributed by atoms with Gasteiger partial charge in [0.2, 0.25) is 0 Å². The molecule has 0 aliphatic heterocycles. The zero-order valence-corrected chi connectivity index (χ0v) is 10.4. The number of esters is 1. The number of carbonyl (C=O) groups is 1. The van der Waals surface area contributed by atoms with Crippen LogP contribution in [0.4, 0.5) is 4.39 Å². The van der Waals surface area contributed by atoms with Crippen molar-refractivity contribution in [2.24, 2.45) is 0 Å². The first-order valence-electron chi connectivity index (χ1n) is 5.59. The summed E-state index contributed by atoms with van der Waals surface area (Å²) in [6.45, 7) is 2.46. The van der Waals surface area contributed by atoms with Gasteiger partial charge in [-0.2, -0.15) is 5.26 Å². The second-order valence-electron chi connectivity index (χ2n) is 3.90. The van der Waals surface area contributed by atoms with Crippen LogP contribution in [0.1, 0.15) is 18.1 Å². The maximum Gasteiger partial charge on any atom is 0.320 e. The second-order valence-corrected chi connectivity index (χ2v) is 3.90.